The monoisotopic (exact) mass is 392 g/mol. The van der Waals surface area contributed by atoms with Gasteiger partial charge in [0.2, 0.25) is 0 Å². The number of ether oxygens (including phenoxy) is 6. The molecule has 1 fully saturated rings. The fourth-order valence-electron chi connectivity index (χ4n) is 2.44. The van der Waals surface area contributed by atoms with Crippen LogP contribution in [0.4, 0.5) is 0 Å². The van der Waals surface area contributed by atoms with Gasteiger partial charge in [-0.1, -0.05) is 6.92 Å². The maximum Gasteiger partial charge on any atom is 0.0701 e. The molecule has 0 aromatic rings. The minimum absolute atomic E-state index is 0.624. The SMILES string of the molecule is CCCOCCOCCN1CCOCCOCCNCCOCCOCC1. The number of nitrogens with zero attached hydrogens (tertiary/aromatic N) is 1. The van der Waals surface area contributed by atoms with Gasteiger partial charge in [0.1, 0.15) is 0 Å². The lowest BCUT2D eigenvalue weighted by atomic mass is 10.4. The molecule has 0 aromatic heterocycles. The molecule has 162 valence electrons. The molecule has 1 N–H and O–H groups in total. The fraction of sp³-hybridized carbons (Fsp3) is 1.00. The molecule has 0 radical (unpaired) electrons. The molecule has 8 nitrogen and oxygen atoms in total. The highest BCUT2D eigenvalue weighted by atomic mass is 16.5. The Bertz CT molecular complexity index is 279. The highest BCUT2D eigenvalue weighted by molar-refractivity contribution is 4.57. The molecule has 0 spiro atoms. The summed E-state index contributed by atoms with van der Waals surface area (Å²) >= 11 is 0. The van der Waals surface area contributed by atoms with Crippen LogP contribution in [0.3, 0.4) is 0 Å². The van der Waals surface area contributed by atoms with Crippen molar-refractivity contribution < 1.29 is 28.4 Å². The van der Waals surface area contributed by atoms with Gasteiger partial charge in [-0.2, -0.15) is 0 Å². The molecule has 0 aliphatic carbocycles. The first-order valence-corrected chi connectivity index (χ1v) is 10.3. The number of hydrogen-bond acceptors (Lipinski definition) is 8. The lowest BCUT2D eigenvalue weighted by Crippen LogP contribution is -2.34. The Kier molecular flexibility index (Phi) is 18.7. The zero-order chi connectivity index (χ0) is 19.3. The first-order valence-electron chi connectivity index (χ1n) is 10.3. The van der Waals surface area contributed by atoms with Crippen LogP contribution in [0.25, 0.3) is 0 Å². The third kappa shape index (κ3) is 17.5. The molecule has 0 amide bonds. The van der Waals surface area contributed by atoms with E-state index in [4.69, 9.17) is 28.4 Å². The number of nitrogens with one attached hydrogen (secondary N) is 1. The van der Waals surface area contributed by atoms with Gasteiger partial charge in [0.15, 0.2) is 0 Å². The van der Waals surface area contributed by atoms with E-state index in [1.165, 1.54) is 0 Å². The van der Waals surface area contributed by atoms with Crippen LogP contribution >= 0.6 is 0 Å². The molecule has 0 saturated carbocycles. The minimum Gasteiger partial charge on any atom is -0.379 e. The summed E-state index contributed by atoms with van der Waals surface area (Å²) in [7, 11) is 0. The molecule has 1 aliphatic rings. The molecule has 1 heterocycles. The molecular formula is C19H40N2O6. The maximum absolute atomic E-state index is 5.67. The normalized spacial score (nSPS) is 20.8. The summed E-state index contributed by atoms with van der Waals surface area (Å²) in [4.78, 5) is 2.31. The predicted octanol–water partition coefficient (Wildman–Crippen LogP) is 0.401. The van der Waals surface area contributed by atoms with Gasteiger partial charge < -0.3 is 33.7 Å². The highest BCUT2D eigenvalue weighted by Crippen LogP contribution is 1.93. The fourth-order valence-corrected chi connectivity index (χ4v) is 2.44. The zero-order valence-electron chi connectivity index (χ0n) is 17.1. The summed E-state index contributed by atoms with van der Waals surface area (Å²) in [5.41, 5.74) is 0. The molecular weight excluding hydrogens is 352 g/mol. The van der Waals surface area contributed by atoms with Crippen molar-refractivity contribution in [1.82, 2.24) is 10.2 Å². The van der Waals surface area contributed by atoms with Gasteiger partial charge in [-0.15, -0.1) is 0 Å². The third-order valence-electron chi connectivity index (χ3n) is 3.97. The van der Waals surface area contributed by atoms with Gasteiger partial charge in [0.05, 0.1) is 72.7 Å². The Morgan fingerprint density at radius 2 is 1.19 bits per heavy atom. The quantitative estimate of drug-likeness (QED) is 0.596. The standard InChI is InChI=1S/C19H40N2O6/c1-2-8-22-14-17-25-11-5-21-6-12-26-18-15-23-9-3-20-4-10-24-16-19-27-13-7-21/h20H,2-19H2,1H3. The first-order chi connectivity index (χ1) is 13.4. The predicted molar refractivity (Wildman–Crippen MR) is 105 cm³/mol. The van der Waals surface area contributed by atoms with Crippen molar-refractivity contribution in [3.8, 4) is 0 Å². The van der Waals surface area contributed by atoms with Gasteiger partial charge >= 0.3 is 0 Å². The van der Waals surface area contributed by atoms with E-state index in [1.54, 1.807) is 0 Å². The topological polar surface area (TPSA) is 70.7 Å². The second kappa shape index (κ2) is 20.4. The van der Waals surface area contributed by atoms with Crippen LogP contribution < -0.4 is 5.32 Å². The van der Waals surface area contributed by atoms with E-state index in [2.05, 4.69) is 17.1 Å². The Morgan fingerprint density at radius 3 is 1.74 bits per heavy atom. The van der Waals surface area contributed by atoms with E-state index >= 15 is 0 Å². The van der Waals surface area contributed by atoms with Crippen molar-refractivity contribution in [3.63, 3.8) is 0 Å². The second-order valence-corrected chi connectivity index (χ2v) is 6.27. The van der Waals surface area contributed by atoms with Crippen LogP contribution in [-0.2, 0) is 28.4 Å². The second-order valence-electron chi connectivity index (χ2n) is 6.27. The Morgan fingerprint density at radius 1 is 0.667 bits per heavy atom. The van der Waals surface area contributed by atoms with Crippen molar-refractivity contribution in [2.45, 2.75) is 13.3 Å². The molecule has 0 aromatic carbocycles. The summed E-state index contributed by atoms with van der Waals surface area (Å²) in [5.74, 6) is 0. The van der Waals surface area contributed by atoms with Crippen molar-refractivity contribution in [1.29, 1.82) is 0 Å². The van der Waals surface area contributed by atoms with Gasteiger partial charge in [-0.05, 0) is 6.42 Å². The molecule has 0 bridgehead atoms. The highest BCUT2D eigenvalue weighted by Gasteiger charge is 2.06. The average molecular weight is 393 g/mol. The Labute approximate surface area is 164 Å². The molecule has 0 atom stereocenters. The van der Waals surface area contributed by atoms with Gasteiger partial charge in [-0.25, -0.2) is 0 Å². The van der Waals surface area contributed by atoms with Gasteiger partial charge in [0, 0.05) is 39.3 Å². The van der Waals surface area contributed by atoms with Crippen molar-refractivity contribution >= 4 is 0 Å². The van der Waals surface area contributed by atoms with Crippen molar-refractivity contribution in [3.05, 3.63) is 0 Å². The molecule has 27 heavy (non-hydrogen) atoms. The smallest absolute Gasteiger partial charge is 0.0701 e. The number of rotatable bonds is 8. The molecule has 1 aliphatic heterocycles. The summed E-state index contributed by atoms with van der Waals surface area (Å²) in [6.07, 6.45) is 1.04. The van der Waals surface area contributed by atoms with Gasteiger partial charge in [-0.3, -0.25) is 4.90 Å². The largest absolute Gasteiger partial charge is 0.379 e. The zero-order valence-corrected chi connectivity index (χ0v) is 17.1. The summed E-state index contributed by atoms with van der Waals surface area (Å²) in [5, 5.41) is 3.28. The van der Waals surface area contributed by atoms with Crippen LogP contribution in [0.5, 0.6) is 0 Å². The summed E-state index contributed by atoms with van der Waals surface area (Å²) in [6, 6.07) is 0. The molecule has 0 unspecified atom stereocenters. The van der Waals surface area contributed by atoms with E-state index < -0.39 is 0 Å². The van der Waals surface area contributed by atoms with Crippen LogP contribution in [0.1, 0.15) is 13.3 Å². The Balaban J connectivity index is 2.17. The average Bonchev–Trinajstić information content (AvgIpc) is 2.68. The lowest BCUT2D eigenvalue weighted by Gasteiger charge is -2.22. The van der Waals surface area contributed by atoms with E-state index in [0.29, 0.717) is 72.7 Å². The van der Waals surface area contributed by atoms with Crippen LogP contribution in [0.2, 0.25) is 0 Å². The maximum atomic E-state index is 5.67. The van der Waals surface area contributed by atoms with Crippen LogP contribution in [0, 0.1) is 0 Å². The number of hydrogen-bond donors (Lipinski definition) is 1. The minimum atomic E-state index is 0.624. The lowest BCUT2D eigenvalue weighted by molar-refractivity contribution is 0.00887. The first kappa shape index (κ1) is 24.7. The van der Waals surface area contributed by atoms with Gasteiger partial charge in [0.25, 0.3) is 0 Å². The van der Waals surface area contributed by atoms with E-state index in [1.807, 2.05) is 0 Å². The van der Waals surface area contributed by atoms with Crippen LogP contribution in [-0.4, -0.2) is 117 Å². The Hall–Kier alpha value is -0.320. The van der Waals surface area contributed by atoms with Crippen LogP contribution in [0.15, 0.2) is 0 Å². The van der Waals surface area contributed by atoms with E-state index in [9.17, 15) is 0 Å². The van der Waals surface area contributed by atoms with Crippen molar-refractivity contribution in [2.75, 3.05) is 112 Å². The summed E-state index contributed by atoms with van der Waals surface area (Å²) in [6.45, 7) is 14.4. The van der Waals surface area contributed by atoms with E-state index in [0.717, 1.165) is 45.8 Å². The molecule has 8 heteroatoms. The van der Waals surface area contributed by atoms with E-state index in [-0.39, 0.29) is 0 Å². The van der Waals surface area contributed by atoms with Crippen molar-refractivity contribution in [2.24, 2.45) is 0 Å². The molecule has 1 saturated heterocycles. The summed E-state index contributed by atoms with van der Waals surface area (Å²) < 4.78 is 33.5. The molecule has 1 rings (SSSR count). The third-order valence-corrected chi connectivity index (χ3v) is 3.97.